The molecule has 0 spiro atoms. The molecule has 2 rings (SSSR count). The fraction of sp³-hybridized carbons (Fsp3) is 0.500. The highest BCUT2D eigenvalue weighted by Crippen LogP contribution is 2.25. The first kappa shape index (κ1) is 34.1. The number of methoxy groups -OCH3 is 1. The Hall–Kier alpha value is -4.08. The number of phenolic OH excluding ortho intramolecular Hbond substituents is 1. The topological polar surface area (TPSA) is 134 Å². The summed E-state index contributed by atoms with van der Waals surface area (Å²) in [4.78, 5) is 54.2. The third-order valence-electron chi connectivity index (χ3n) is 6.46. The second kappa shape index (κ2) is 17.0. The van der Waals surface area contributed by atoms with Gasteiger partial charge in [-0.25, -0.2) is 4.79 Å². The number of amides is 3. The van der Waals surface area contributed by atoms with Crippen LogP contribution in [0.5, 0.6) is 5.75 Å². The fourth-order valence-corrected chi connectivity index (χ4v) is 4.41. The third kappa shape index (κ3) is 11.8. The van der Waals surface area contributed by atoms with Crippen molar-refractivity contribution in [3.05, 3.63) is 65.7 Å². The summed E-state index contributed by atoms with van der Waals surface area (Å²) in [6.07, 6.45) is 3.91. The quantitative estimate of drug-likeness (QED) is 0.205. The maximum absolute atomic E-state index is 14.4. The molecule has 2 atom stereocenters. The number of carbonyl (C=O) groups is 4. The van der Waals surface area contributed by atoms with Gasteiger partial charge in [-0.1, -0.05) is 75.1 Å². The molecule has 10 nitrogen and oxygen atoms in total. The number of benzene rings is 2. The van der Waals surface area contributed by atoms with E-state index in [-0.39, 0.29) is 25.3 Å². The fourth-order valence-electron chi connectivity index (χ4n) is 4.41. The molecule has 0 aliphatic carbocycles. The van der Waals surface area contributed by atoms with Gasteiger partial charge in [0.05, 0.1) is 7.11 Å². The van der Waals surface area contributed by atoms with E-state index in [2.05, 4.69) is 22.3 Å². The predicted molar refractivity (Wildman–Crippen MR) is 160 cm³/mol. The molecule has 2 unspecified atom stereocenters. The van der Waals surface area contributed by atoms with Gasteiger partial charge >= 0.3 is 12.1 Å². The Morgan fingerprint density at radius 2 is 1.57 bits per heavy atom. The van der Waals surface area contributed by atoms with Gasteiger partial charge in [-0.2, -0.15) is 0 Å². The van der Waals surface area contributed by atoms with Crippen LogP contribution in [0.15, 0.2) is 54.6 Å². The van der Waals surface area contributed by atoms with E-state index >= 15 is 0 Å². The van der Waals surface area contributed by atoms with Gasteiger partial charge in [0.25, 0.3) is 0 Å². The largest absolute Gasteiger partial charge is 0.508 e. The summed E-state index contributed by atoms with van der Waals surface area (Å²) in [7, 11) is 1.23. The number of hydrogen-bond donors (Lipinski definition) is 3. The minimum atomic E-state index is -1.08. The average molecular weight is 584 g/mol. The summed E-state index contributed by atoms with van der Waals surface area (Å²) in [5.41, 5.74) is 0.453. The molecule has 2 aromatic rings. The predicted octanol–water partition coefficient (Wildman–Crippen LogP) is 4.66. The van der Waals surface area contributed by atoms with Crippen molar-refractivity contribution >= 4 is 23.9 Å². The van der Waals surface area contributed by atoms with Gasteiger partial charge in [0.1, 0.15) is 30.0 Å². The standard InChI is InChI=1S/C32H45N3O7/c1-6-7-8-9-13-20-35(28(24-14-11-10-12-15-24)29(38)33-22-27(37)41-5)30(39)26(34-31(40)42-32(2,3)4)21-23-16-18-25(36)19-17-23/h10-12,14-19,26,28,36H,6-9,13,20-22H2,1-5H3,(H,33,38)(H,34,40). The summed E-state index contributed by atoms with van der Waals surface area (Å²) in [6, 6.07) is 13.0. The minimum absolute atomic E-state index is 0.0712. The molecule has 0 aliphatic heterocycles. The molecule has 3 N–H and O–H groups in total. The molecule has 2 aromatic carbocycles. The first-order chi connectivity index (χ1) is 19.9. The molecule has 230 valence electrons. The summed E-state index contributed by atoms with van der Waals surface area (Å²) in [5, 5.41) is 15.1. The second-order valence-electron chi connectivity index (χ2n) is 11.1. The number of carbonyl (C=O) groups excluding carboxylic acids is 4. The number of hydrogen-bond acceptors (Lipinski definition) is 7. The van der Waals surface area contributed by atoms with Crippen molar-refractivity contribution in [3.8, 4) is 5.75 Å². The van der Waals surface area contributed by atoms with Crippen molar-refractivity contribution < 1.29 is 33.8 Å². The van der Waals surface area contributed by atoms with E-state index in [4.69, 9.17) is 4.74 Å². The Morgan fingerprint density at radius 3 is 2.17 bits per heavy atom. The molecule has 0 heterocycles. The first-order valence-corrected chi connectivity index (χ1v) is 14.4. The molecule has 0 fully saturated rings. The van der Waals surface area contributed by atoms with Crippen molar-refractivity contribution in [1.29, 1.82) is 0 Å². The van der Waals surface area contributed by atoms with E-state index in [9.17, 15) is 24.3 Å². The van der Waals surface area contributed by atoms with Crippen LogP contribution in [-0.4, -0.2) is 65.7 Å². The molecule has 0 aromatic heterocycles. The summed E-state index contributed by atoms with van der Waals surface area (Å²) in [6.45, 7) is 7.18. The van der Waals surface area contributed by atoms with Gasteiger partial charge < -0.3 is 30.1 Å². The summed E-state index contributed by atoms with van der Waals surface area (Å²) < 4.78 is 10.1. The molecule has 3 amide bonds. The Kier molecular flexibility index (Phi) is 13.8. The van der Waals surface area contributed by atoms with Crippen LogP contribution in [-0.2, 0) is 30.3 Å². The van der Waals surface area contributed by atoms with Gasteiger partial charge in [0.2, 0.25) is 11.8 Å². The summed E-state index contributed by atoms with van der Waals surface area (Å²) in [5.74, 6) is -1.58. The van der Waals surface area contributed by atoms with Crippen LogP contribution in [0.25, 0.3) is 0 Å². The van der Waals surface area contributed by atoms with E-state index in [1.807, 2.05) is 6.07 Å². The Morgan fingerprint density at radius 1 is 0.929 bits per heavy atom. The highest BCUT2D eigenvalue weighted by molar-refractivity contribution is 5.93. The lowest BCUT2D eigenvalue weighted by Gasteiger charge is -2.34. The Labute approximate surface area is 248 Å². The van der Waals surface area contributed by atoms with Crippen LogP contribution in [0.3, 0.4) is 0 Å². The molecule has 10 heteroatoms. The minimum Gasteiger partial charge on any atom is -0.508 e. The zero-order chi connectivity index (χ0) is 31.1. The van der Waals surface area contributed by atoms with Crippen LogP contribution < -0.4 is 10.6 Å². The van der Waals surface area contributed by atoms with Gasteiger partial charge in [-0.3, -0.25) is 14.4 Å². The molecule has 0 bridgehead atoms. The summed E-state index contributed by atoms with van der Waals surface area (Å²) >= 11 is 0. The molecular weight excluding hydrogens is 538 g/mol. The van der Waals surface area contributed by atoms with Gasteiger partial charge in [0, 0.05) is 13.0 Å². The molecular formula is C32H45N3O7. The van der Waals surface area contributed by atoms with Crippen LogP contribution in [0.4, 0.5) is 4.79 Å². The number of nitrogens with one attached hydrogen (secondary N) is 2. The van der Waals surface area contributed by atoms with E-state index < -0.39 is 41.6 Å². The van der Waals surface area contributed by atoms with Crippen molar-refractivity contribution in [2.45, 2.75) is 83.9 Å². The highest BCUT2D eigenvalue weighted by Gasteiger charge is 2.36. The number of unbranched alkanes of at least 4 members (excludes halogenated alkanes) is 4. The van der Waals surface area contributed by atoms with Crippen molar-refractivity contribution in [2.24, 2.45) is 0 Å². The van der Waals surface area contributed by atoms with Crippen LogP contribution in [0.1, 0.15) is 77.0 Å². The smallest absolute Gasteiger partial charge is 0.408 e. The van der Waals surface area contributed by atoms with Crippen LogP contribution in [0, 0.1) is 0 Å². The normalized spacial score (nSPS) is 12.5. The first-order valence-electron chi connectivity index (χ1n) is 14.4. The zero-order valence-corrected chi connectivity index (χ0v) is 25.4. The van der Waals surface area contributed by atoms with Gasteiger partial charge in [-0.15, -0.1) is 0 Å². The van der Waals surface area contributed by atoms with Crippen molar-refractivity contribution in [1.82, 2.24) is 15.5 Å². The number of phenols is 1. The number of esters is 1. The van der Waals surface area contributed by atoms with Crippen molar-refractivity contribution in [2.75, 3.05) is 20.2 Å². The second-order valence-corrected chi connectivity index (χ2v) is 11.1. The maximum atomic E-state index is 14.4. The number of nitrogens with zero attached hydrogens (tertiary/aromatic N) is 1. The molecule has 0 aliphatic rings. The maximum Gasteiger partial charge on any atom is 0.408 e. The SMILES string of the molecule is CCCCCCCN(C(=O)C(Cc1ccc(O)cc1)NC(=O)OC(C)(C)C)C(C(=O)NCC(=O)OC)c1ccccc1. The number of aromatic hydroxyl groups is 1. The Balaban J connectivity index is 2.51. The third-order valence-corrected chi connectivity index (χ3v) is 6.46. The zero-order valence-electron chi connectivity index (χ0n) is 25.4. The Bertz CT molecular complexity index is 1150. The average Bonchev–Trinajstić information content (AvgIpc) is 2.95. The van der Waals surface area contributed by atoms with E-state index in [0.29, 0.717) is 17.5 Å². The molecule has 0 radical (unpaired) electrons. The van der Waals surface area contributed by atoms with Crippen LogP contribution in [0.2, 0.25) is 0 Å². The van der Waals surface area contributed by atoms with Crippen molar-refractivity contribution in [3.63, 3.8) is 0 Å². The molecule has 0 saturated heterocycles. The highest BCUT2D eigenvalue weighted by atomic mass is 16.6. The van der Waals surface area contributed by atoms with E-state index in [1.165, 1.54) is 24.1 Å². The van der Waals surface area contributed by atoms with E-state index in [1.54, 1.807) is 57.2 Å². The monoisotopic (exact) mass is 583 g/mol. The number of alkyl carbamates (subject to hydrolysis) is 1. The van der Waals surface area contributed by atoms with E-state index in [0.717, 1.165) is 25.7 Å². The lowest BCUT2D eigenvalue weighted by Crippen LogP contribution is -2.54. The van der Waals surface area contributed by atoms with Gasteiger partial charge in [-0.05, 0) is 50.5 Å². The number of rotatable bonds is 15. The lowest BCUT2D eigenvalue weighted by molar-refractivity contribution is -0.144. The van der Waals surface area contributed by atoms with Gasteiger partial charge in [0.15, 0.2) is 0 Å². The lowest BCUT2D eigenvalue weighted by atomic mass is 9.99. The molecule has 0 saturated carbocycles. The van der Waals surface area contributed by atoms with Crippen LogP contribution >= 0.6 is 0 Å². The molecule has 42 heavy (non-hydrogen) atoms. The number of ether oxygens (including phenoxy) is 2.